The topological polar surface area (TPSA) is 125 Å². The molecular formula is C26H47N5O5S. The Kier molecular flexibility index (Phi) is 11.5. The van der Waals surface area contributed by atoms with Crippen LogP contribution < -0.4 is 5.11 Å². The maximum absolute atomic E-state index is 12.5. The van der Waals surface area contributed by atoms with Gasteiger partial charge in [0, 0.05) is 6.20 Å². The van der Waals surface area contributed by atoms with Crippen molar-refractivity contribution < 1.29 is 27.6 Å². The van der Waals surface area contributed by atoms with Crippen LogP contribution in [0.3, 0.4) is 0 Å². The predicted octanol–water partition coefficient (Wildman–Crippen LogP) is 2.15. The standard InChI is InChI=1S/C16H36N.C10H12N4O5S/c1-5-9-13-17(14-10-6-2,15-11-7-3)16-12-8-4;1-10(5-13-3-2-11-12-13)8(9(16)17)14-6(15)4-7(14)20(10,18)19/h5-16H2,1-4H3;2-3,7-8H,4-5H2,1H3,(H,16,17)/q+1;/p-1/t;7-,8-,10-/m.0/s1. The van der Waals surface area contributed by atoms with Crippen LogP contribution >= 0.6 is 0 Å². The van der Waals surface area contributed by atoms with E-state index in [4.69, 9.17) is 0 Å². The first-order valence-electron chi connectivity index (χ1n) is 14.0. The highest BCUT2D eigenvalue weighted by Gasteiger charge is 2.68. The van der Waals surface area contributed by atoms with Gasteiger partial charge in [-0.1, -0.05) is 58.6 Å². The summed E-state index contributed by atoms with van der Waals surface area (Å²) in [6.45, 7) is 16.1. The molecule has 1 aromatic heterocycles. The largest absolute Gasteiger partial charge is 0.548 e. The van der Waals surface area contributed by atoms with Crippen LogP contribution in [0.15, 0.2) is 12.4 Å². The Bertz CT molecular complexity index is 931. The number of hydrogen-bond acceptors (Lipinski definition) is 7. The van der Waals surface area contributed by atoms with E-state index in [9.17, 15) is 23.1 Å². The van der Waals surface area contributed by atoms with Crippen LogP contribution in [0.5, 0.6) is 0 Å². The van der Waals surface area contributed by atoms with E-state index in [1.807, 2.05) is 0 Å². The number of amides is 1. The molecule has 0 spiro atoms. The van der Waals surface area contributed by atoms with Gasteiger partial charge in [-0.2, -0.15) is 0 Å². The minimum atomic E-state index is -3.84. The third-order valence-electron chi connectivity index (χ3n) is 7.93. The summed E-state index contributed by atoms with van der Waals surface area (Å²) in [5, 5.41) is 17.5. The van der Waals surface area contributed by atoms with Crippen molar-refractivity contribution in [1.82, 2.24) is 19.9 Å². The summed E-state index contributed by atoms with van der Waals surface area (Å²) < 4.78 is 26.0. The van der Waals surface area contributed by atoms with Crippen molar-refractivity contribution in [2.24, 2.45) is 0 Å². The summed E-state index contributed by atoms with van der Waals surface area (Å²) in [6, 6.07) is -1.51. The third-order valence-corrected chi connectivity index (χ3v) is 10.7. The second kappa shape index (κ2) is 13.7. The zero-order valence-electron chi connectivity index (χ0n) is 23.4. The number of aliphatic carboxylic acids is 1. The number of rotatable bonds is 15. The quantitative estimate of drug-likeness (QED) is 0.246. The average molecular weight is 542 g/mol. The fourth-order valence-electron chi connectivity index (χ4n) is 5.55. The van der Waals surface area contributed by atoms with E-state index in [1.165, 1.54) is 106 Å². The first-order chi connectivity index (χ1) is 17.5. The smallest absolute Gasteiger partial charge is 0.227 e. The fourth-order valence-corrected chi connectivity index (χ4v) is 7.91. The molecule has 0 unspecified atom stereocenters. The lowest BCUT2D eigenvalue weighted by Gasteiger charge is -2.39. The molecule has 2 aliphatic rings. The van der Waals surface area contributed by atoms with Gasteiger partial charge in [0.25, 0.3) is 0 Å². The highest BCUT2D eigenvalue weighted by atomic mass is 32.2. The molecule has 3 atom stereocenters. The fraction of sp³-hybridized carbons (Fsp3) is 0.846. The van der Waals surface area contributed by atoms with Gasteiger partial charge in [0.05, 0.1) is 57.4 Å². The van der Waals surface area contributed by atoms with Crippen LogP contribution in [0, 0.1) is 0 Å². The molecule has 0 bridgehead atoms. The average Bonchev–Trinajstić information content (AvgIpc) is 3.41. The van der Waals surface area contributed by atoms with Crippen molar-refractivity contribution in [3.8, 4) is 0 Å². The maximum atomic E-state index is 12.5. The third kappa shape index (κ3) is 6.90. The monoisotopic (exact) mass is 541 g/mol. The van der Waals surface area contributed by atoms with Gasteiger partial charge in [-0.05, 0) is 32.6 Å². The minimum Gasteiger partial charge on any atom is -0.548 e. The molecule has 0 N–H and O–H groups in total. The molecule has 2 fully saturated rings. The molecule has 212 valence electrons. The predicted molar refractivity (Wildman–Crippen MR) is 141 cm³/mol. The Morgan fingerprint density at radius 1 is 1.03 bits per heavy atom. The number of aromatic nitrogens is 3. The number of fused-ring (bicyclic) bond motifs is 1. The number of hydrogen-bond donors (Lipinski definition) is 0. The van der Waals surface area contributed by atoms with Crippen LogP contribution in [-0.4, -0.2) is 87.0 Å². The Labute approximate surface area is 222 Å². The first-order valence-corrected chi connectivity index (χ1v) is 15.5. The van der Waals surface area contributed by atoms with E-state index in [2.05, 4.69) is 38.0 Å². The zero-order valence-corrected chi connectivity index (χ0v) is 24.2. The number of nitrogens with zero attached hydrogens (tertiary/aromatic N) is 5. The van der Waals surface area contributed by atoms with E-state index in [-0.39, 0.29) is 13.0 Å². The van der Waals surface area contributed by atoms with Gasteiger partial charge in [0.1, 0.15) is 10.1 Å². The van der Waals surface area contributed by atoms with E-state index in [1.54, 1.807) is 0 Å². The van der Waals surface area contributed by atoms with Gasteiger partial charge in [-0.15, -0.1) is 5.10 Å². The second-order valence-electron chi connectivity index (χ2n) is 10.8. The first kappa shape index (κ1) is 31.2. The van der Waals surface area contributed by atoms with E-state index < -0.39 is 37.9 Å². The lowest BCUT2D eigenvalue weighted by molar-refractivity contribution is -0.929. The molecule has 3 heterocycles. The van der Waals surface area contributed by atoms with Crippen LogP contribution in [-0.2, 0) is 26.0 Å². The van der Waals surface area contributed by atoms with Crippen molar-refractivity contribution in [3.63, 3.8) is 0 Å². The molecule has 0 radical (unpaired) electrons. The Hall–Kier alpha value is -2.01. The molecule has 0 aromatic carbocycles. The van der Waals surface area contributed by atoms with Crippen molar-refractivity contribution >= 4 is 21.7 Å². The number of β-lactam (4-membered cyclic amide) rings is 1. The number of carbonyl (C=O) groups is 2. The molecule has 3 rings (SSSR count). The Morgan fingerprint density at radius 2 is 1.51 bits per heavy atom. The van der Waals surface area contributed by atoms with E-state index in [0.717, 1.165) is 4.90 Å². The van der Waals surface area contributed by atoms with Gasteiger partial charge in [-0.3, -0.25) is 9.48 Å². The molecule has 0 aliphatic carbocycles. The summed E-state index contributed by atoms with van der Waals surface area (Å²) in [6.07, 6.45) is 13.7. The number of unbranched alkanes of at least 4 members (excludes halogenated alkanes) is 4. The summed E-state index contributed by atoms with van der Waals surface area (Å²) in [7, 11) is -3.84. The number of carboxylic acids is 1. The van der Waals surface area contributed by atoms with Gasteiger partial charge in [0.15, 0.2) is 9.84 Å². The SMILES string of the molecule is CCCC[N+](CCCC)(CCCC)CCCC.C[C@]1(Cn2ccnn2)[C@H](C(=O)[O-])N2C(=O)C[C@@H]2S1(=O)=O. The van der Waals surface area contributed by atoms with Gasteiger partial charge in [-0.25, -0.2) is 8.42 Å². The Morgan fingerprint density at radius 3 is 1.86 bits per heavy atom. The van der Waals surface area contributed by atoms with E-state index in [0.29, 0.717) is 0 Å². The van der Waals surface area contributed by atoms with E-state index >= 15 is 0 Å². The normalized spacial score (nSPS) is 24.2. The molecule has 10 nitrogen and oxygen atoms in total. The molecule has 2 aliphatic heterocycles. The highest BCUT2D eigenvalue weighted by molar-refractivity contribution is 7.93. The van der Waals surface area contributed by atoms with Crippen molar-refractivity contribution in [3.05, 3.63) is 12.4 Å². The molecule has 0 saturated carbocycles. The van der Waals surface area contributed by atoms with Crippen LogP contribution in [0.2, 0.25) is 0 Å². The number of sulfone groups is 1. The molecule has 37 heavy (non-hydrogen) atoms. The number of carbonyl (C=O) groups excluding carboxylic acids is 2. The van der Waals surface area contributed by atoms with Crippen LogP contribution in [0.4, 0.5) is 0 Å². The minimum absolute atomic E-state index is 0.181. The van der Waals surface area contributed by atoms with Gasteiger partial charge in [0.2, 0.25) is 5.91 Å². The van der Waals surface area contributed by atoms with Gasteiger partial charge < -0.3 is 19.3 Å². The molecule has 11 heteroatoms. The van der Waals surface area contributed by atoms with Crippen molar-refractivity contribution in [2.75, 3.05) is 26.2 Å². The van der Waals surface area contributed by atoms with Gasteiger partial charge >= 0.3 is 0 Å². The second-order valence-corrected chi connectivity index (χ2v) is 13.4. The summed E-state index contributed by atoms with van der Waals surface area (Å²) >= 11 is 0. The van der Waals surface area contributed by atoms with Crippen LogP contribution in [0.1, 0.15) is 92.4 Å². The molecule has 1 aromatic rings. The van der Waals surface area contributed by atoms with Crippen LogP contribution in [0.25, 0.3) is 0 Å². The lowest BCUT2D eigenvalue weighted by Crippen LogP contribution is -2.61. The highest BCUT2D eigenvalue weighted by Crippen LogP contribution is 2.46. The number of quaternary nitrogens is 1. The zero-order chi connectivity index (χ0) is 27.7. The lowest BCUT2D eigenvalue weighted by atomic mass is 9.96. The molecule has 2 saturated heterocycles. The van der Waals surface area contributed by atoms with Crippen molar-refractivity contribution in [2.45, 2.75) is 115 Å². The molecular weight excluding hydrogens is 494 g/mol. The summed E-state index contributed by atoms with van der Waals surface area (Å²) in [5.74, 6) is -2.07. The maximum Gasteiger partial charge on any atom is 0.227 e. The number of carboxylic acid groups (broad SMARTS) is 1. The van der Waals surface area contributed by atoms with Crippen molar-refractivity contribution in [1.29, 1.82) is 0 Å². The summed E-state index contributed by atoms with van der Waals surface area (Å²) in [4.78, 5) is 23.8. The molecule has 1 amide bonds. The Balaban J connectivity index is 0.000000265. The summed E-state index contributed by atoms with van der Waals surface area (Å²) in [5.41, 5.74) is 0.